The molecule has 0 aliphatic heterocycles. The number of para-hydroxylation sites is 1. The lowest BCUT2D eigenvalue weighted by molar-refractivity contribution is 0.341. The molecule has 0 aliphatic carbocycles. The molecule has 1 heterocycles. The van der Waals surface area contributed by atoms with E-state index in [1.165, 1.54) is 0 Å². The van der Waals surface area contributed by atoms with E-state index in [0.717, 1.165) is 11.3 Å². The number of aromatic nitrogens is 2. The van der Waals surface area contributed by atoms with Crippen molar-refractivity contribution in [2.24, 2.45) is 5.11 Å². The molecule has 1 aromatic heterocycles. The molecule has 0 spiro atoms. The van der Waals surface area contributed by atoms with Crippen molar-refractivity contribution in [2.45, 2.75) is 13.5 Å². The second kappa shape index (κ2) is 7.88. The minimum atomic E-state index is 0.220. The molecular formula is C16H20N6O. The number of hydrogen-bond acceptors (Lipinski definition) is 7. The largest absolute Gasteiger partial charge is 0.487 e. The summed E-state index contributed by atoms with van der Waals surface area (Å²) in [4.78, 5) is 10.1. The SMILES string of the molecule is Cc1ncc(CN(C)C=C(COc2ccccc2)N=N)c(N)n1. The van der Waals surface area contributed by atoms with E-state index in [2.05, 4.69) is 15.1 Å². The maximum absolute atomic E-state index is 7.27. The second-order valence-corrected chi connectivity index (χ2v) is 5.08. The Hall–Kier alpha value is -2.96. The fraction of sp³-hybridized carbons (Fsp3) is 0.250. The Morgan fingerprint density at radius 1 is 1.39 bits per heavy atom. The Balaban J connectivity index is 1.98. The van der Waals surface area contributed by atoms with Crippen LogP contribution in [-0.4, -0.2) is 28.5 Å². The number of nitrogens with zero attached hydrogens (tertiary/aromatic N) is 4. The third kappa shape index (κ3) is 5.06. The summed E-state index contributed by atoms with van der Waals surface area (Å²) in [7, 11) is 1.87. The number of ether oxygens (including phenoxy) is 1. The molecule has 0 aliphatic rings. The summed E-state index contributed by atoms with van der Waals surface area (Å²) in [5.74, 6) is 1.84. The summed E-state index contributed by atoms with van der Waals surface area (Å²) in [6.07, 6.45) is 3.45. The van der Waals surface area contributed by atoms with Gasteiger partial charge in [-0.3, -0.25) is 0 Å². The highest BCUT2D eigenvalue weighted by Gasteiger charge is 2.06. The third-order valence-corrected chi connectivity index (χ3v) is 3.08. The van der Waals surface area contributed by atoms with Gasteiger partial charge in [-0.15, -0.1) is 0 Å². The minimum Gasteiger partial charge on any atom is -0.487 e. The smallest absolute Gasteiger partial charge is 0.134 e. The van der Waals surface area contributed by atoms with Gasteiger partial charge in [-0.25, -0.2) is 15.5 Å². The van der Waals surface area contributed by atoms with E-state index in [1.54, 1.807) is 19.3 Å². The van der Waals surface area contributed by atoms with Crippen LogP contribution in [0.15, 0.2) is 53.5 Å². The van der Waals surface area contributed by atoms with Gasteiger partial charge in [-0.2, -0.15) is 5.11 Å². The highest BCUT2D eigenvalue weighted by Crippen LogP contribution is 2.13. The number of anilines is 1. The molecule has 0 unspecified atom stereocenters. The first kappa shape index (κ1) is 16.4. The molecule has 3 N–H and O–H groups in total. The van der Waals surface area contributed by atoms with E-state index in [-0.39, 0.29) is 6.61 Å². The van der Waals surface area contributed by atoms with Gasteiger partial charge in [-0.05, 0) is 19.1 Å². The number of benzene rings is 1. The summed E-state index contributed by atoms with van der Waals surface area (Å²) >= 11 is 0. The topological polar surface area (TPSA) is 100 Å². The van der Waals surface area contributed by atoms with Gasteiger partial charge in [0.15, 0.2) is 0 Å². The molecule has 0 saturated heterocycles. The average Bonchev–Trinajstić information content (AvgIpc) is 2.55. The van der Waals surface area contributed by atoms with Gasteiger partial charge in [0.05, 0.1) is 0 Å². The lowest BCUT2D eigenvalue weighted by Crippen LogP contribution is -2.15. The average molecular weight is 312 g/mol. The van der Waals surface area contributed by atoms with Crippen LogP contribution in [0.4, 0.5) is 5.82 Å². The summed E-state index contributed by atoms with van der Waals surface area (Å²) < 4.78 is 5.59. The molecule has 0 bridgehead atoms. The molecule has 23 heavy (non-hydrogen) atoms. The molecule has 120 valence electrons. The molecule has 2 aromatic rings. The fourth-order valence-electron chi connectivity index (χ4n) is 1.98. The van der Waals surface area contributed by atoms with Crippen molar-refractivity contribution in [1.29, 1.82) is 5.53 Å². The molecule has 7 nitrogen and oxygen atoms in total. The molecule has 0 saturated carbocycles. The van der Waals surface area contributed by atoms with Crippen LogP contribution < -0.4 is 10.5 Å². The molecular weight excluding hydrogens is 292 g/mol. The fourth-order valence-corrected chi connectivity index (χ4v) is 1.98. The van der Waals surface area contributed by atoms with Crippen LogP contribution in [-0.2, 0) is 6.54 Å². The van der Waals surface area contributed by atoms with Gasteiger partial charge in [0, 0.05) is 31.6 Å². The molecule has 2 rings (SSSR count). The maximum Gasteiger partial charge on any atom is 0.134 e. The van der Waals surface area contributed by atoms with Crippen LogP contribution in [0.5, 0.6) is 5.75 Å². The van der Waals surface area contributed by atoms with E-state index >= 15 is 0 Å². The number of nitrogens with two attached hydrogens (primary N) is 1. The monoisotopic (exact) mass is 312 g/mol. The molecule has 1 aromatic carbocycles. The minimum absolute atomic E-state index is 0.220. The van der Waals surface area contributed by atoms with Gasteiger partial charge in [-0.1, -0.05) is 18.2 Å². The standard InChI is InChI=1S/C16H20N6O/c1-12-19-8-13(16(17)20-12)9-22(2)10-14(21-18)11-23-15-6-4-3-5-7-15/h3-8,10,18H,9,11H2,1-2H3,(H2,17,19,20). The lowest BCUT2D eigenvalue weighted by Gasteiger charge is -2.16. The predicted octanol–water partition coefficient (Wildman–Crippen LogP) is 2.75. The van der Waals surface area contributed by atoms with Crippen LogP contribution in [0.3, 0.4) is 0 Å². The summed E-state index contributed by atoms with van der Waals surface area (Å²) in [6, 6.07) is 9.41. The van der Waals surface area contributed by atoms with Crippen molar-refractivity contribution in [2.75, 3.05) is 19.4 Å². The Bertz CT molecular complexity index is 686. The second-order valence-electron chi connectivity index (χ2n) is 5.08. The highest BCUT2D eigenvalue weighted by molar-refractivity contribution is 5.37. The van der Waals surface area contributed by atoms with E-state index in [0.29, 0.717) is 23.9 Å². The van der Waals surface area contributed by atoms with Crippen LogP contribution in [0.1, 0.15) is 11.4 Å². The number of rotatable bonds is 7. The van der Waals surface area contributed by atoms with Gasteiger partial charge < -0.3 is 15.4 Å². The van der Waals surface area contributed by atoms with Crippen LogP contribution in [0.25, 0.3) is 0 Å². The highest BCUT2D eigenvalue weighted by atomic mass is 16.5. The normalized spacial score (nSPS) is 11.1. The van der Waals surface area contributed by atoms with E-state index in [4.69, 9.17) is 16.0 Å². The third-order valence-electron chi connectivity index (χ3n) is 3.08. The zero-order valence-corrected chi connectivity index (χ0v) is 13.2. The van der Waals surface area contributed by atoms with Crippen molar-refractivity contribution in [3.63, 3.8) is 0 Å². The van der Waals surface area contributed by atoms with Crippen molar-refractivity contribution in [3.05, 3.63) is 59.8 Å². The van der Waals surface area contributed by atoms with Crippen molar-refractivity contribution in [1.82, 2.24) is 14.9 Å². The number of nitrogen functional groups attached to an aromatic ring is 1. The van der Waals surface area contributed by atoms with Crippen molar-refractivity contribution >= 4 is 5.82 Å². The van der Waals surface area contributed by atoms with E-state index in [9.17, 15) is 0 Å². The molecule has 0 radical (unpaired) electrons. The Morgan fingerprint density at radius 2 is 2.13 bits per heavy atom. The van der Waals surface area contributed by atoms with Crippen LogP contribution in [0, 0.1) is 12.5 Å². The van der Waals surface area contributed by atoms with Crippen LogP contribution in [0.2, 0.25) is 0 Å². The van der Waals surface area contributed by atoms with Gasteiger partial charge in [0.1, 0.15) is 29.7 Å². The van der Waals surface area contributed by atoms with Crippen molar-refractivity contribution in [3.8, 4) is 5.75 Å². The molecule has 7 heteroatoms. The first-order valence-electron chi connectivity index (χ1n) is 7.12. The Morgan fingerprint density at radius 3 is 2.78 bits per heavy atom. The Labute approximate surface area is 135 Å². The number of aryl methyl sites for hydroxylation is 1. The Kier molecular flexibility index (Phi) is 5.62. The molecule has 0 amide bonds. The van der Waals surface area contributed by atoms with Gasteiger partial charge in [0.2, 0.25) is 0 Å². The summed E-state index contributed by atoms with van der Waals surface area (Å²) in [5.41, 5.74) is 14.5. The predicted molar refractivity (Wildman–Crippen MR) is 87.8 cm³/mol. The van der Waals surface area contributed by atoms with E-state index in [1.807, 2.05) is 42.3 Å². The van der Waals surface area contributed by atoms with Crippen LogP contribution >= 0.6 is 0 Å². The zero-order chi connectivity index (χ0) is 16.7. The quantitative estimate of drug-likeness (QED) is 0.766. The molecule has 0 fully saturated rings. The van der Waals surface area contributed by atoms with Crippen molar-refractivity contribution < 1.29 is 4.74 Å². The summed E-state index contributed by atoms with van der Waals surface area (Å²) in [5, 5.41) is 3.50. The first-order valence-corrected chi connectivity index (χ1v) is 7.12. The van der Waals surface area contributed by atoms with Gasteiger partial charge in [0.25, 0.3) is 0 Å². The number of hydrogen-bond donors (Lipinski definition) is 2. The lowest BCUT2D eigenvalue weighted by atomic mass is 10.3. The van der Waals surface area contributed by atoms with E-state index < -0.39 is 0 Å². The number of nitrogens with one attached hydrogen (secondary N) is 1. The first-order chi connectivity index (χ1) is 11.1. The van der Waals surface area contributed by atoms with Gasteiger partial charge >= 0.3 is 0 Å². The molecule has 0 atom stereocenters. The maximum atomic E-state index is 7.27. The zero-order valence-electron chi connectivity index (χ0n) is 13.2. The summed E-state index contributed by atoms with van der Waals surface area (Å²) in [6.45, 7) is 2.54.